The molecule has 3 aromatic rings. The van der Waals surface area contributed by atoms with E-state index in [2.05, 4.69) is 16.8 Å². The fraction of sp³-hybridized carbons (Fsp3) is 0.304. The van der Waals surface area contributed by atoms with Crippen molar-refractivity contribution in [3.05, 3.63) is 77.5 Å². The zero-order valence-electron chi connectivity index (χ0n) is 17.9. The molecular weight excluding hydrogens is 440 g/mol. The SMILES string of the molecule is C=C(N1CCOCC1)N(Cc1ccc(-c2nnc(C(F)F)o2)cc1F)c1ccc(C)cc1F. The van der Waals surface area contributed by atoms with Crippen molar-refractivity contribution < 1.29 is 26.7 Å². The highest BCUT2D eigenvalue weighted by atomic mass is 19.3. The number of hydrogen-bond donors (Lipinski definition) is 0. The largest absolute Gasteiger partial charge is 0.415 e. The van der Waals surface area contributed by atoms with Gasteiger partial charge in [-0.25, -0.2) is 8.78 Å². The summed E-state index contributed by atoms with van der Waals surface area (Å²) in [5.74, 6) is -1.61. The van der Waals surface area contributed by atoms with Gasteiger partial charge in [-0.3, -0.25) is 0 Å². The van der Waals surface area contributed by atoms with E-state index in [0.717, 1.165) is 11.6 Å². The molecule has 0 N–H and O–H groups in total. The van der Waals surface area contributed by atoms with Crippen LogP contribution in [0.25, 0.3) is 11.5 Å². The molecule has 0 aliphatic carbocycles. The zero-order chi connectivity index (χ0) is 23.5. The predicted molar refractivity (Wildman–Crippen MR) is 114 cm³/mol. The van der Waals surface area contributed by atoms with E-state index in [4.69, 9.17) is 9.15 Å². The first-order chi connectivity index (χ1) is 15.8. The van der Waals surface area contributed by atoms with Gasteiger partial charge in [-0.1, -0.05) is 18.7 Å². The molecule has 1 fully saturated rings. The number of aromatic nitrogens is 2. The van der Waals surface area contributed by atoms with Crippen molar-refractivity contribution >= 4 is 5.69 Å². The van der Waals surface area contributed by atoms with Crippen LogP contribution in [-0.4, -0.2) is 41.4 Å². The lowest BCUT2D eigenvalue weighted by Gasteiger charge is -2.37. The summed E-state index contributed by atoms with van der Waals surface area (Å²) in [6.07, 6.45) is -2.92. The Balaban J connectivity index is 1.64. The minimum Gasteiger partial charge on any atom is -0.415 e. The second-order valence-corrected chi connectivity index (χ2v) is 7.61. The van der Waals surface area contributed by atoms with Crippen LogP contribution >= 0.6 is 0 Å². The van der Waals surface area contributed by atoms with Crippen molar-refractivity contribution in [2.75, 3.05) is 31.2 Å². The molecule has 1 aliphatic heterocycles. The highest BCUT2D eigenvalue weighted by Crippen LogP contribution is 2.30. The molecule has 0 radical (unpaired) electrons. The maximum Gasteiger partial charge on any atom is 0.314 e. The lowest BCUT2D eigenvalue weighted by atomic mass is 10.1. The molecular formula is C23H22F4N4O2. The Morgan fingerprint density at radius 3 is 2.48 bits per heavy atom. The maximum absolute atomic E-state index is 15.0. The zero-order valence-corrected chi connectivity index (χ0v) is 17.9. The minimum absolute atomic E-state index is 0.00555. The van der Waals surface area contributed by atoms with Gasteiger partial charge < -0.3 is 19.0 Å². The molecule has 174 valence electrons. The Bertz CT molecular complexity index is 1150. The first-order valence-electron chi connectivity index (χ1n) is 10.3. The Labute approximate surface area is 188 Å². The second-order valence-electron chi connectivity index (χ2n) is 7.61. The molecule has 6 nitrogen and oxygen atoms in total. The molecule has 0 atom stereocenters. The quantitative estimate of drug-likeness (QED) is 0.457. The van der Waals surface area contributed by atoms with Gasteiger partial charge in [-0.05, 0) is 36.8 Å². The van der Waals surface area contributed by atoms with E-state index in [9.17, 15) is 13.2 Å². The molecule has 10 heteroatoms. The van der Waals surface area contributed by atoms with Gasteiger partial charge >= 0.3 is 6.43 Å². The number of halogens is 4. The van der Waals surface area contributed by atoms with Crippen molar-refractivity contribution in [3.8, 4) is 11.5 Å². The average Bonchev–Trinajstić information content (AvgIpc) is 3.30. The highest BCUT2D eigenvalue weighted by Gasteiger charge is 2.23. The molecule has 2 heterocycles. The van der Waals surface area contributed by atoms with Crippen molar-refractivity contribution in [1.82, 2.24) is 15.1 Å². The molecule has 1 aliphatic rings. The van der Waals surface area contributed by atoms with Gasteiger partial charge in [0.05, 0.1) is 25.4 Å². The first-order valence-corrected chi connectivity index (χ1v) is 10.3. The van der Waals surface area contributed by atoms with Gasteiger partial charge in [0.15, 0.2) is 0 Å². The lowest BCUT2D eigenvalue weighted by Crippen LogP contribution is -2.41. The molecule has 0 unspecified atom stereocenters. The molecule has 1 aromatic heterocycles. The van der Waals surface area contributed by atoms with Crippen LogP contribution in [0, 0.1) is 18.6 Å². The normalized spacial score (nSPS) is 14.1. The van der Waals surface area contributed by atoms with Crippen LogP contribution in [0.1, 0.15) is 23.4 Å². The summed E-state index contributed by atoms with van der Waals surface area (Å²) < 4.78 is 65.6. The van der Waals surface area contributed by atoms with Crippen LogP contribution in [0.15, 0.2) is 53.2 Å². The third kappa shape index (κ3) is 5.00. The van der Waals surface area contributed by atoms with Crippen LogP contribution in [0.2, 0.25) is 0 Å². The lowest BCUT2D eigenvalue weighted by molar-refractivity contribution is 0.0524. The number of nitrogens with zero attached hydrogens (tertiary/aromatic N) is 4. The second kappa shape index (κ2) is 9.62. The van der Waals surface area contributed by atoms with Crippen LogP contribution in [0.5, 0.6) is 0 Å². The number of aryl methyl sites for hydroxylation is 1. The number of ether oxygens (including phenoxy) is 1. The van der Waals surface area contributed by atoms with Crippen molar-refractivity contribution in [3.63, 3.8) is 0 Å². The van der Waals surface area contributed by atoms with E-state index in [1.54, 1.807) is 24.0 Å². The number of anilines is 1. The number of benzene rings is 2. The van der Waals surface area contributed by atoms with E-state index >= 15 is 4.39 Å². The van der Waals surface area contributed by atoms with Gasteiger partial charge in [0.25, 0.3) is 5.89 Å². The Kier molecular flexibility index (Phi) is 6.64. The van der Waals surface area contributed by atoms with Gasteiger partial charge in [0.2, 0.25) is 5.89 Å². The van der Waals surface area contributed by atoms with Gasteiger partial charge in [-0.2, -0.15) is 8.78 Å². The van der Waals surface area contributed by atoms with Crippen LogP contribution in [-0.2, 0) is 11.3 Å². The molecule has 33 heavy (non-hydrogen) atoms. The molecule has 1 saturated heterocycles. The standard InChI is InChI=1S/C23H22F4N4O2/c1-14-3-6-20(19(25)11-14)31(15(2)30-7-9-32-10-8-30)13-17-5-4-16(12-18(17)24)22-28-29-23(33-22)21(26)27/h3-6,11-12,21H,2,7-10,13H2,1H3. The van der Waals surface area contributed by atoms with Crippen molar-refractivity contribution in [1.29, 1.82) is 0 Å². The van der Waals surface area contributed by atoms with Crippen molar-refractivity contribution in [2.24, 2.45) is 0 Å². The number of hydrogen-bond acceptors (Lipinski definition) is 6. The van der Waals surface area contributed by atoms with E-state index in [1.165, 1.54) is 18.2 Å². The number of alkyl halides is 2. The predicted octanol–water partition coefficient (Wildman–Crippen LogP) is 5.07. The van der Waals surface area contributed by atoms with Crippen LogP contribution in [0.4, 0.5) is 23.2 Å². The molecule has 0 bridgehead atoms. The Hall–Kier alpha value is -3.40. The summed E-state index contributed by atoms with van der Waals surface area (Å²) in [7, 11) is 0. The molecule has 2 aromatic carbocycles. The fourth-order valence-electron chi connectivity index (χ4n) is 3.56. The fourth-order valence-corrected chi connectivity index (χ4v) is 3.56. The maximum atomic E-state index is 15.0. The summed E-state index contributed by atoms with van der Waals surface area (Å²) in [5, 5.41) is 6.80. The molecule has 4 rings (SSSR count). The first kappa shape index (κ1) is 22.8. The van der Waals surface area contributed by atoms with E-state index in [1.807, 2.05) is 4.90 Å². The number of morpholine rings is 1. The third-order valence-corrected chi connectivity index (χ3v) is 5.34. The monoisotopic (exact) mass is 462 g/mol. The minimum atomic E-state index is -2.92. The molecule has 0 amide bonds. The van der Waals surface area contributed by atoms with Gasteiger partial charge in [0.1, 0.15) is 17.5 Å². The van der Waals surface area contributed by atoms with E-state index < -0.39 is 24.0 Å². The highest BCUT2D eigenvalue weighted by molar-refractivity contribution is 5.56. The summed E-state index contributed by atoms with van der Waals surface area (Å²) in [4.78, 5) is 3.57. The Morgan fingerprint density at radius 2 is 1.85 bits per heavy atom. The van der Waals surface area contributed by atoms with Crippen LogP contribution in [0.3, 0.4) is 0 Å². The average molecular weight is 462 g/mol. The van der Waals surface area contributed by atoms with Gasteiger partial charge in [0, 0.05) is 24.2 Å². The van der Waals surface area contributed by atoms with Crippen molar-refractivity contribution in [2.45, 2.75) is 19.9 Å². The third-order valence-electron chi connectivity index (χ3n) is 5.34. The molecule has 0 saturated carbocycles. The smallest absolute Gasteiger partial charge is 0.314 e. The summed E-state index contributed by atoms with van der Waals surface area (Å²) in [6.45, 7) is 8.08. The summed E-state index contributed by atoms with van der Waals surface area (Å²) in [5.41, 5.74) is 1.43. The van der Waals surface area contributed by atoms with E-state index in [0.29, 0.717) is 32.1 Å². The van der Waals surface area contributed by atoms with E-state index in [-0.39, 0.29) is 29.2 Å². The summed E-state index contributed by atoms with van der Waals surface area (Å²) in [6, 6.07) is 8.90. The topological polar surface area (TPSA) is 54.6 Å². The van der Waals surface area contributed by atoms with Crippen LogP contribution < -0.4 is 4.90 Å². The van der Waals surface area contributed by atoms with Gasteiger partial charge in [-0.15, -0.1) is 10.2 Å². The Morgan fingerprint density at radius 1 is 1.09 bits per heavy atom. The summed E-state index contributed by atoms with van der Waals surface area (Å²) >= 11 is 0. The molecule has 0 spiro atoms. The number of rotatable bonds is 7.